The highest BCUT2D eigenvalue weighted by atomic mass is 127. The van der Waals surface area contributed by atoms with Gasteiger partial charge in [0.15, 0.2) is 5.96 Å². The molecule has 0 radical (unpaired) electrons. The van der Waals surface area contributed by atoms with Crippen molar-refractivity contribution < 1.29 is 9.47 Å². The van der Waals surface area contributed by atoms with Gasteiger partial charge in [0.2, 0.25) is 0 Å². The number of nitrogens with zero attached hydrogens (tertiary/aromatic N) is 3. The number of halogens is 1. The van der Waals surface area contributed by atoms with Crippen molar-refractivity contribution in [3.05, 3.63) is 23.8 Å². The highest BCUT2D eigenvalue weighted by molar-refractivity contribution is 14.0. The SMILES string of the molecule is CN=C(NCC1CCCN1C)NC1CCN(Cc2cc(OC)cc(OC)c2)C1.I. The van der Waals surface area contributed by atoms with Crippen LogP contribution in [0.3, 0.4) is 0 Å². The Balaban J connectivity index is 0.00000300. The summed E-state index contributed by atoms with van der Waals surface area (Å²) < 4.78 is 10.8. The number of hydrogen-bond donors (Lipinski definition) is 2. The fourth-order valence-electron chi connectivity index (χ4n) is 4.15. The molecular weight excluding hydrogens is 481 g/mol. The molecule has 0 bridgehead atoms. The van der Waals surface area contributed by atoms with E-state index in [0.717, 1.165) is 50.1 Å². The standard InChI is InChI=1S/C21H35N5O2.HI/c1-22-21(23-13-18-6-5-8-25(18)2)24-17-7-9-26(15-17)14-16-10-19(27-3)12-20(11-16)28-4;/h10-12,17-18H,5-9,13-15H2,1-4H3,(H2,22,23,24);1H. The van der Waals surface area contributed by atoms with Crippen molar-refractivity contribution in [2.75, 3.05) is 54.5 Å². The quantitative estimate of drug-likeness (QED) is 0.329. The molecule has 164 valence electrons. The van der Waals surface area contributed by atoms with Crippen LogP contribution in [-0.2, 0) is 6.54 Å². The molecule has 8 heteroatoms. The van der Waals surface area contributed by atoms with E-state index in [0.29, 0.717) is 12.1 Å². The van der Waals surface area contributed by atoms with Gasteiger partial charge < -0.3 is 25.0 Å². The van der Waals surface area contributed by atoms with Crippen molar-refractivity contribution >= 4 is 29.9 Å². The topological polar surface area (TPSA) is 61.4 Å². The molecule has 0 spiro atoms. The first kappa shape index (κ1) is 24.0. The zero-order valence-corrected chi connectivity index (χ0v) is 20.4. The second-order valence-corrected chi connectivity index (χ2v) is 7.82. The fraction of sp³-hybridized carbons (Fsp3) is 0.667. The van der Waals surface area contributed by atoms with Crippen LogP contribution in [0.4, 0.5) is 0 Å². The third kappa shape index (κ3) is 6.89. The van der Waals surface area contributed by atoms with Crippen LogP contribution in [0.5, 0.6) is 11.5 Å². The van der Waals surface area contributed by atoms with Gasteiger partial charge in [-0.2, -0.15) is 0 Å². The lowest BCUT2D eigenvalue weighted by Crippen LogP contribution is -2.48. The average molecular weight is 517 g/mol. The van der Waals surface area contributed by atoms with Gasteiger partial charge in [0.25, 0.3) is 0 Å². The van der Waals surface area contributed by atoms with Crippen molar-refractivity contribution in [2.24, 2.45) is 4.99 Å². The Hall–Kier alpha value is -1.26. The summed E-state index contributed by atoms with van der Waals surface area (Å²) in [6.45, 7) is 5.12. The molecule has 2 unspecified atom stereocenters. The number of benzene rings is 1. The average Bonchev–Trinajstić information content (AvgIpc) is 3.33. The number of ether oxygens (including phenoxy) is 2. The van der Waals surface area contributed by atoms with Gasteiger partial charge >= 0.3 is 0 Å². The van der Waals surface area contributed by atoms with Crippen LogP contribution >= 0.6 is 24.0 Å². The molecule has 7 nitrogen and oxygen atoms in total. The molecule has 0 amide bonds. The van der Waals surface area contributed by atoms with E-state index in [9.17, 15) is 0 Å². The van der Waals surface area contributed by atoms with Crippen LogP contribution in [0.1, 0.15) is 24.8 Å². The molecule has 2 atom stereocenters. The molecule has 2 saturated heterocycles. The van der Waals surface area contributed by atoms with E-state index in [-0.39, 0.29) is 24.0 Å². The van der Waals surface area contributed by atoms with Crippen LogP contribution in [0.25, 0.3) is 0 Å². The summed E-state index contributed by atoms with van der Waals surface area (Å²) in [6.07, 6.45) is 3.67. The van der Waals surface area contributed by atoms with Gasteiger partial charge in [-0.05, 0) is 50.6 Å². The van der Waals surface area contributed by atoms with E-state index in [1.165, 1.54) is 24.9 Å². The maximum Gasteiger partial charge on any atom is 0.191 e. The molecule has 1 aromatic rings. The molecule has 2 aliphatic rings. The predicted molar refractivity (Wildman–Crippen MR) is 129 cm³/mol. The molecule has 2 N–H and O–H groups in total. The third-order valence-electron chi connectivity index (χ3n) is 5.83. The molecule has 29 heavy (non-hydrogen) atoms. The summed E-state index contributed by atoms with van der Waals surface area (Å²) in [5, 5.41) is 7.10. The second-order valence-electron chi connectivity index (χ2n) is 7.82. The molecule has 0 aliphatic carbocycles. The monoisotopic (exact) mass is 517 g/mol. The summed E-state index contributed by atoms with van der Waals surface area (Å²) in [5.41, 5.74) is 1.21. The highest BCUT2D eigenvalue weighted by Crippen LogP contribution is 2.24. The lowest BCUT2D eigenvalue weighted by molar-refractivity contribution is 0.308. The Kier molecular flexibility index (Phi) is 9.78. The van der Waals surface area contributed by atoms with Crippen LogP contribution < -0.4 is 20.1 Å². The van der Waals surface area contributed by atoms with Crippen LogP contribution in [0, 0.1) is 0 Å². The number of methoxy groups -OCH3 is 2. The minimum absolute atomic E-state index is 0. The molecule has 0 aromatic heterocycles. The molecule has 3 rings (SSSR count). The number of rotatable bonds is 7. The van der Waals surface area contributed by atoms with Crippen molar-refractivity contribution in [1.82, 2.24) is 20.4 Å². The molecule has 0 saturated carbocycles. The van der Waals surface area contributed by atoms with E-state index < -0.39 is 0 Å². The number of guanidine groups is 1. The van der Waals surface area contributed by atoms with Crippen LogP contribution in [0.15, 0.2) is 23.2 Å². The largest absolute Gasteiger partial charge is 0.497 e. The molecule has 2 aliphatic heterocycles. The van der Waals surface area contributed by atoms with Gasteiger partial charge in [-0.25, -0.2) is 0 Å². The first-order valence-electron chi connectivity index (χ1n) is 10.2. The lowest BCUT2D eigenvalue weighted by Gasteiger charge is -2.23. The van der Waals surface area contributed by atoms with Crippen molar-refractivity contribution in [3.8, 4) is 11.5 Å². The van der Waals surface area contributed by atoms with Gasteiger partial charge in [0.1, 0.15) is 11.5 Å². The third-order valence-corrected chi connectivity index (χ3v) is 5.83. The zero-order valence-electron chi connectivity index (χ0n) is 18.1. The number of likely N-dealkylation sites (N-methyl/N-ethyl adjacent to an activating group) is 1. The lowest BCUT2D eigenvalue weighted by atomic mass is 10.2. The van der Waals surface area contributed by atoms with Crippen molar-refractivity contribution in [1.29, 1.82) is 0 Å². The molecular formula is C21H36IN5O2. The molecule has 2 fully saturated rings. The zero-order chi connectivity index (χ0) is 19.9. The number of aliphatic imine (C=N–C) groups is 1. The maximum atomic E-state index is 5.39. The Morgan fingerprint density at radius 3 is 2.45 bits per heavy atom. The van der Waals surface area contributed by atoms with Crippen molar-refractivity contribution in [3.63, 3.8) is 0 Å². The first-order valence-corrected chi connectivity index (χ1v) is 10.2. The van der Waals surface area contributed by atoms with Gasteiger partial charge in [0, 0.05) is 51.4 Å². The minimum atomic E-state index is 0. The number of likely N-dealkylation sites (tertiary alicyclic amines) is 2. The second kappa shape index (κ2) is 11.8. The van der Waals surface area contributed by atoms with Gasteiger partial charge in [0.05, 0.1) is 14.2 Å². The number of hydrogen-bond acceptors (Lipinski definition) is 5. The van der Waals surface area contributed by atoms with Gasteiger partial charge in [-0.15, -0.1) is 24.0 Å². The Bertz CT molecular complexity index is 650. The molecule has 1 aromatic carbocycles. The van der Waals surface area contributed by atoms with Gasteiger partial charge in [-0.1, -0.05) is 0 Å². The van der Waals surface area contributed by atoms with Gasteiger partial charge in [-0.3, -0.25) is 9.89 Å². The minimum Gasteiger partial charge on any atom is -0.497 e. The Morgan fingerprint density at radius 1 is 1.14 bits per heavy atom. The van der Waals surface area contributed by atoms with E-state index in [2.05, 4.69) is 44.6 Å². The fourth-order valence-corrected chi connectivity index (χ4v) is 4.15. The molecule has 2 heterocycles. The smallest absolute Gasteiger partial charge is 0.191 e. The Morgan fingerprint density at radius 2 is 1.86 bits per heavy atom. The van der Waals surface area contributed by atoms with Crippen molar-refractivity contribution in [2.45, 2.75) is 37.9 Å². The maximum absolute atomic E-state index is 5.39. The predicted octanol–water partition coefficient (Wildman–Crippen LogP) is 2.16. The summed E-state index contributed by atoms with van der Waals surface area (Å²) in [6, 6.07) is 7.11. The van der Waals surface area contributed by atoms with E-state index >= 15 is 0 Å². The van der Waals surface area contributed by atoms with E-state index in [4.69, 9.17) is 9.47 Å². The summed E-state index contributed by atoms with van der Waals surface area (Å²) in [4.78, 5) is 9.31. The highest BCUT2D eigenvalue weighted by Gasteiger charge is 2.25. The first-order chi connectivity index (χ1) is 13.6. The van der Waals surface area contributed by atoms with E-state index in [1.807, 2.05) is 13.1 Å². The summed E-state index contributed by atoms with van der Waals surface area (Å²) >= 11 is 0. The Labute approximate surface area is 192 Å². The summed E-state index contributed by atoms with van der Waals surface area (Å²) in [7, 11) is 7.44. The normalized spacial score (nSPS) is 23.0. The van der Waals surface area contributed by atoms with Crippen LogP contribution in [0.2, 0.25) is 0 Å². The van der Waals surface area contributed by atoms with E-state index in [1.54, 1.807) is 14.2 Å². The van der Waals surface area contributed by atoms with Crippen LogP contribution in [-0.4, -0.2) is 82.3 Å². The number of nitrogens with one attached hydrogen (secondary N) is 2. The summed E-state index contributed by atoms with van der Waals surface area (Å²) in [5.74, 6) is 2.59.